The summed E-state index contributed by atoms with van der Waals surface area (Å²) < 4.78 is 0. The van der Waals surface area contributed by atoms with Gasteiger partial charge in [-0.1, -0.05) is 73.7 Å². The Balaban J connectivity index is 1.58. The number of rotatable bonds is 9. The zero-order valence-corrected chi connectivity index (χ0v) is 17.6. The lowest BCUT2D eigenvalue weighted by Crippen LogP contribution is -2.32. The van der Waals surface area contributed by atoms with Gasteiger partial charge in [0, 0.05) is 18.0 Å². The summed E-state index contributed by atoms with van der Waals surface area (Å²) in [5.41, 5.74) is 10.4. The molecule has 0 spiro atoms. The summed E-state index contributed by atoms with van der Waals surface area (Å²) >= 11 is 0. The molecule has 0 radical (unpaired) electrons. The summed E-state index contributed by atoms with van der Waals surface area (Å²) in [5.74, 6) is -0.959. The second kappa shape index (κ2) is 10.5. The van der Waals surface area contributed by atoms with E-state index in [2.05, 4.69) is 48.6 Å². The average molecular weight is 417 g/mol. The first-order valence-electron chi connectivity index (χ1n) is 10.5. The topological polar surface area (TPSA) is 92.4 Å². The van der Waals surface area contributed by atoms with Crippen molar-refractivity contribution in [2.24, 2.45) is 5.73 Å². The predicted molar refractivity (Wildman–Crippen MR) is 123 cm³/mol. The van der Waals surface area contributed by atoms with E-state index < -0.39 is 12.0 Å². The number of carbonyl (C=O) groups is 2. The van der Waals surface area contributed by atoms with E-state index in [9.17, 15) is 9.59 Å². The average Bonchev–Trinajstić information content (AvgIpc) is 2.80. The van der Waals surface area contributed by atoms with Crippen LogP contribution in [0.3, 0.4) is 0 Å². The largest absolute Gasteiger partial charge is 0.480 e. The molecule has 0 aliphatic carbocycles. The quantitative estimate of drug-likeness (QED) is 0.487. The van der Waals surface area contributed by atoms with Gasteiger partial charge < -0.3 is 16.2 Å². The lowest BCUT2D eigenvalue weighted by atomic mass is 9.94. The van der Waals surface area contributed by atoms with Gasteiger partial charge in [-0.05, 0) is 47.2 Å². The molecule has 3 aromatic rings. The molecule has 0 saturated carbocycles. The van der Waals surface area contributed by atoms with Crippen LogP contribution in [0, 0.1) is 0 Å². The van der Waals surface area contributed by atoms with Crippen LogP contribution in [-0.4, -0.2) is 29.6 Å². The zero-order valence-electron chi connectivity index (χ0n) is 17.6. The second-order valence-electron chi connectivity index (χ2n) is 7.65. The molecular weight excluding hydrogens is 388 g/mol. The third-order valence-electron chi connectivity index (χ3n) is 5.48. The van der Waals surface area contributed by atoms with Gasteiger partial charge in [0.25, 0.3) is 5.91 Å². The van der Waals surface area contributed by atoms with Gasteiger partial charge in [0.15, 0.2) is 0 Å². The van der Waals surface area contributed by atoms with Crippen molar-refractivity contribution in [2.45, 2.75) is 31.7 Å². The van der Waals surface area contributed by atoms with Crippen LogP contribution in [0.1, 0.15) is 40.7 Å². The molecule has 3 rings (SSSR count). The fraction of sp³-hybridized carbons (Fsp3) is 0.231. The number of amides is 1. The van der Waals surface area contributed by atoms with Crippen molar-refractivity contribution in [3.8, 4) is 11.1 Å². The highest BCUT2D eigenvalue weighted by Gasteiger charge is 2.14. The number of carboxylic acids is 1. The first-order chi connectivity index (χ1) is 15.0. The van der Waals surface area contributed by atoms with Crippen molar-refractivity contribution < 1.29 is 14.7 Å². The minimum atomic E-state index is -1.04. The normalized spacial score (nSPS) is 12.7. The lowest BCUT2D eigenvalue weighted by Gasteiger charge is -2.17. The van der Waals surface area contributed by atoms with Crippen LogP contribution >= 0.6 is 0 Å². The molecule has 3 aromatic carbocycles. The predicted octanol–water partition coefficient (Wildman–Crippen LogP) is 4.23. The molecule has 0 aliphatic rings. The first-order valence-corrected chi connectivity index (χ1v) is 10.5. The molecule has 5 nitrogen and oxygen atoms in total. The minimum Gasteiger partial charge on any atom is -0.480 e. The molecule has 0 fully saturated rings. The molecule has 160 valence electrons. The van der Waals surface area contributed by atoms with E-state index in [0.29, 0.717) is 12.1 Å². The summed E-state index contributed by atoms with van der Waals surface area (Å²) in [6, 6.07) is 24.7. The molecule has 5 heteroatoms. The summed E-state index contributed by atoms with van der Waals surface area (Å²) in [5, 5.41) is 11.9. The highest BCUT2D eigenvalue weighted by Crippen LogP contribution is 2.24. The number of carboxylic acid groups (broad SMARTS) is 1. The van der Waals surface area contributed by atoms with Crippen LogP contribution < -0.4 is 11.1 Å². The van der Waals surface area contributed by atoms with Gasteiger partial charge in [0.1, 0.15) is 6.04 Å². The van der Waals surface area contributed by atoms with Gasteiger partial charge in [0.05, 0.1) is 0 Å². The van der Waals surface area contributed by atoms with E-state index in [1.165, 1.54) is 16.7 Å². The van der Waals surface area contributed by atoms with E-state index >= 15 is 0 Å². The van der Waals surface area contributed by atoms with E-state index in [4.69, 9.17) is 10.8 Å². The molecule has 0 heterocycles. The SMILES string of the molecule is CCC(CNC(=O)c1ccc(C[C@H](N)C(=O)O)cc1)c1ccc(-c2ccccc2)cc1. The van der Waals surface area contributed by atoms with Crippen molar-refractivity contribution in [3.63, 3.8) is 0 Å². The van der Waals surface area contributed by atoms with Gasteiger partial charge in [-0.25, -0.2) is 0 Å². The van der Waals surface area contributed by atoms with Crippen LogP contribution in [0.25, 0.3) is 11.1 Å². The Bertz CT molecular complexity index is 999. The summed E-state index contributed by atoms with van der Waals surface area (Å²) in [6.45, 7) is 2.66. The van der Waals surface area contributed by atoms with E-state index in [-0.39, 0.29) is 18.2 Å². The van der Waals surface area contributed by atoms with Gasteiger partial charge in [-0.3, -0.25) is 9.59 Å². The van der Waals surface area contributed by atoms with Crippen molar-refractivity contribution in [2.75, 3.05) is 6.54 Å². The Hall–Kier alpha value is -3.44. The smallest absolute Gasteiger partial charge is 0.320 e. The van der Waals surface area contributed by atoms with Crippen molar-refractivity contribution in [1.29, 1.82) is 0 Å². The van der Waals surface area contributed by atoms with Crippen molar-refractivity contribution >= 4 is 11.9 Å². The lowest BCUT2D eigenvalue weighted by molar-refractivity contribution is -0.138. The fourth-order valence-corrected chi connectivity index (χ4v) is 3.53. The maximum Gasteiger partial charge on any atom is 0.320 e. The Morgan fingerprint density at radius 2 is 1.52 bits per heavy atom. The number of carbonyl (C=O) groups excluding carboxylic acids is 1. The highest BCUT2D eigenvalue weighted by molar-refractivity contribution is 5.94. The zero-order chi connectivity index (χ0) is 22.2. The van der Waals surface area contributed by atoms with Gasteiger partial charge >= 0.3 is 5.97 Å². The van der Waals surface area contributed by atoms with Crippen LogP contribution in [0.5, 0.6) is 0 Å². The molecule has 0 saturated heterocycles. The standard InChI is InChI=1S/C26H28N2O3/c1-2-19(21-12-14-22(15-13-21)20-6-4-3-5-7-20)17-28-25(29)23-10-8-18(9-11-23)16-24(27)26(30)31/h3-15,19,24H,2,16-17,27H2,1H3,(H,28,29)(H,30,31)/t19?,24-/m0/s1. The third-order valence-corrected chi connectivity index (χ3v) is 5.48. The molecular formula is C26H28N2O3. The molecule has 0 bridgehead atoms. The number of nitrogens with two attached hydrogens (primary N) is 1. The number of nitrogens with one attached hydrogen (secondary N) is 1. The maximum atomic E-state index is 12.5. The van der Waals surface area contributed by atoms with Crippen molar-refractivity contribution in [1.82, 2.24) is 5.32 Å². The number of hydrogen-bond acceptors (Lipinski definition) is 3. The summed E-state index contributed by atoms with van der Waals surface area (Å²) in [6.07, 6.45) is 1.14. The molecule has 4 N–H and O–H groups in total. The van der Waals surface area contributed by atoms with E-state index in [1.54, 1.807) is 24.3 Å². The fourth-order valence-electron chi connectivity index (χ4n) is 3.53. The number of benzene rings is 3. The third kappa shape index (κ3) is 6.03. The monoisotopic (exact) mass is 416 g/mol. The van der Waals surface area contributed by atoms with Gasteiger partial charge in [0.2, 0.25) is 0 Å². The van der Waals surface area contributed by atoms with E-state index in [0.717, 1.165) is 12.0 Å². The molecule has 2 atom stereocenters. The molecule has 1 amide bonds. The van der Waals surface area contributed by atoms with Gasteiger partial charge in [-0.2, -0.15) is 0 Å². The molecule has 0 aliphatic heterocycles. The van der Waals surface area contributed by atoms with E-state index in [1.807, 2.05) is 18.2 Å². The minimum absolute atomic E-state index is 0.145. The van der Waals surface area contributed by atoms with Crippen LogP contribution in [0.15, 0.2) is 78.9 Å². The molecule has 1 unspecified atom stereocenters. The first kappa shape index (κ1) is 22.2. The number of hydrogen-bond donors (Lipinski definition) is 3. The van der Waals surface area contributed by atoms with Crippen LogP contribution in [0.2, 0.25) is 0 Å². The maximum absolute atomic E-state index is 12.5. The number of aliphatic carboxylic acids is 1. The summed E-state index contributed by atoms with van der Waals surface area (Å²) in [7, 11) is 0. The Morgan fingerprint density at radius 1 is 0.903 bits per heavy atom. The Morgan fingerprint density at radius 3 is 2.10 bits per heavy atom. The summed E-state index contributed by atoms with van der Waals surface area (Å²) in [4.78, 5) is 23.4. The highest BCUT2D eigenvalue weighted by atomic mass is 16.4. The van der Waals surface area contributed by atoms with Crippen LogP contribution in [-0.2, 0) is 11.2 Å². The van der Waals surface area contributed by atoms with Crippen LogP contribution in [0.4, 0.5) is 0 Å². The van der Waals surface area contributed by atoms with Gasteiger partial charge in [-0.15, -0.1) is 0 Å². The van der Waals surface area contributed by atoms with Crippen molar-refractivity contribution in [3.05, 3.63) is 95.6 Å². The Labute approximate surface area is 182 Å². The molecule has 0 aromatic heterocycles. The second-order valence-corrected chi connectivity index (χ2v) is 7.65. The Kier molecular flexibility index (Phi) is 7.57. The molecule has 31 heavy (non-hydrogen) atoms.